The van der Waals surface area contributed by atoms with E-state index in [2.05, 4.69) is 6.07 Å². The maximum atomic E-state index is 13.6. The molecule has 30 heavy (non-hydrogen) atoms. The number of thiophene rings is 1. The van der Waals surface area contributed by atoms with Gasteiger partial charge in [-0.25, -0.2) is 4.98 Å². The van der Waals surface area contributed by atoms with Gasteiger partial charge >= 0.3 is 0 Å². The van der Waals surface area contributed by atoms with E-state index < -0.39 is 0 Å². The second kappa shape index (κ2) is 8.36. The van der Waals surface area contributed by atoms with E-state index >= 15 is 0 Å². The lowest BCUT2D eigenvalue weighted by molar-refractivity contribution is 0.476. The fourth-order valence-electron chi connectivity index (χ4n) is 3.44. The van der Waals surface area contributed by atoms with Crippen LogP contribution in [0.25, 0.3) is 21.8 Å². The van der Waals surface area contributed by atoms with Gasteiger partial charge in [0.1, 0.15) is 22.5 Å². The zero-order chi connectivity index (χ0) is 21.1. The number of phenolic OH excluding ortho intramolecular Hbond substituents is 1. The standard InChI is InChI=1S/C24H19N3O2S/c1-16-22(21-12-11-18(15-25)30-21)24(29)27(14-13-17-7-3-2-4-8-17)23(26-16)19-9-5-6-10-20(19)28/h2-12,28H,13-14H2,1H3. The third kappa shape index (κ3) is 3.76. The molecule has 0 bridgehead atoms. The summed E-state index contributed by atoms with van der Waals surface area (Å²) in [6, 6.07) is 22.4. The highest BCUT2D eigenvalue weighted by molar-refractivity contribution is 7.16. The normalized spacial score (nSPS) is 10.7. The Morgan fingerprint density at radius 3 is 2.50 bits per heavy atom. The number of benzene rings is 2. The zero-order valence-electron chi connectivity index (χ0n) is 16.4. The Bertz CT molecular complexity index is 1300. The molecule has 0 radical (unpaired) electrons. The van der Waals surface area contributed by atoms with E-state index in [1.54, 1.807) is 41.8 Å². The summed E-state index contributed by atoms with van der Waals surface area (Å²) >= 11 is 1.28. The van der Waals surface area contributed by atoms with Crippen LogP contribution in [-0.4, -0.2) is 14.7 Å². The van der Waals surface area contributed by atoms with Gasteiger partial charge < -0.3 is 5.11 Å². The van der Waals surface area contributed by atoms with E-state index in [0.717, 1.165) is 10.4 Å². The third-order valence-corrected chi connectivity index (χ3v) is 5.93. The predicted molar refractivity (Wildman–Crippen MR) is 119 cm³/mol. The summed E-state index contributed by atoms with van der Waals surface area (Å²) in [6.45, 7) is 2.21. The monoisotopic (exact) mass is 413 g/mol. The number of hydrogen-bond donors (Lipinski definition) is 1. The topological polar surface area (TPSA) is 78.9 Å². The SMILES string of the molecule is Cc1nc(-c2ccccc2O)n(CCc2ccccc2)c(=O)c1-c1ccc(C#N)s1. The number of aromatic hydroxyl groups is 1. The molecule has 0 saturated carbocycles. The third-order valence-electron chi connectivity index (χ3n) is 4.92. The summed E-state index contributed by atoms with van der Waals surface area (Å²) in [5, 5.41) is 19.5. The number of phenols is 1. The molecule has 0 fully saturated rings. The van der Waals surface area contributed by atoms with Gasteiger partial charge in [0.05, 0.1) is 16.8 Å². The van der Waals surface area contributed by atoms with Crippen molar-refractivity contribution in [3.05, 3.63) is 93.2 Å². The Labute approximate surface area is 178 Å². The molecule has 0 aliphatic heterocycles. The van der Waals surface area contributed by atoms with Crippen LogP contribution in [0, 0.1) is 18.3 Å². The molecule has 0 saturated heterocycles. The van der Waals surface area contributed by atoms with E-state index in [0.29, 0.717) is 40.5 Å². The summed E-state index contributed by atoms with van der Waals surface area (Å²) in [6.07, 6.45) is 0.652. The second-order valence-electron chi connectivity index (χ2n) is 6.88. The van der Waals surface area contributed by atoms with Gasteiger partial charge in [-0.3, -0.25) is 9.36 Å². The van der Waals surface area contributed by atoms with Crippen molar-refractivity contribution in [3.8, 4) is 33.6 Å². The van der Waals surface area contributed by atoms with Gasteiger partial charge in [-0.2, -0.15) is 5.26 Å². The van der Waals surface area contributed by atoms with Crippen molar-refractivity contribution in [2.45, 2.75) is 19.9 Å². The first-order valence-corrected chi connectivity index (χ1v) is 10.3. The van der Waals surface area contributed by atoms with Gasteiger partial charge in [-0.15, -0.1) is 11.3 Å². The highest BCUT2D eigenvalue weighted by Gasteiger charge is 2.20. The van der Waals surface area contributed by atoms with Gasteiger partial charge in [0, 0.05) is 11.4 Å². The molecule has 148 valence electrons. The number of para-hydroxylation sites is 1. The largest absolute Gasteiger partial charge is 0.507 e. The van der Waals surface area contributed by atoms with Gasteiger partial charge in [-0.1, -0.05) is 42.5 Å². The molecule has 0 atom stereocenters. The first-order chi connectivity index (χ1) is 14.6. The number of rotatable bonds is 5. The van der Waals surface area contributed by atoms with E-state index in [9.17, 15) is 9.90 Å². The minimum Gasteiger partial charge on any atom is -0.507 e. The molecule has 0 unspecified atom stereocenters. The van der Waals surface area contributed by atoms with Crippen molar-refractivity contribution < 1.29 is 5.11 Å². The van der Waals surface area contributed by atoms with Gasteiger partial charge in [0.25, 0.3) is 5.56 Å². The predicted octanol–water partition coefficient (Wildman–Crippen LogP) is 4.77. The lowest BCUT2D eigenvalue weighted by Gasteiger charge is -2.16. The number of aromatic nitrogens is 2. The lowest BCUT2D eigenvalue weighted by Crippen LogP contribution is -2.26. The smallest absolute Gasteiger partial charge is 0.262 e. The molecule has 0 aliphatic rings. The molecule has 5 nitrogen and oxygen atoms in total. The molecule has 1 N–H and O–H groups in total. The second-order valence-corrected chi connectivity index (χ2v) is 7.96. The molecule has 2 aromatic heterocycles. The van der Waals surface area contributed by atoms with E-state index in [1.165, 1.54) is 11.3 Å². The summed E-state index contributed by atoms with van der Waals surface area (Å²) in [7, 11) is 0. The minimum absolute atomic E-state index is 0.0768. The first kappa shape index (κ1) is 19.6. The Hall–Kier alpha value is -3.69. The Balaban J connectivity index is 1.88. The van der Waals surface area contributed by atoms with Crippen molar-refractivity contribution in [1.29, 1.82) is 5.26 Å². The van der Waals surface area contributed by atoms with Gasteiger partial charge in [-0.05, 0) is 43.2 Å². The van der Waals surface area contributed by atoms with Crippen molar-refractivity contribution in [3.63, 3.8) is 0 Å². The number of hydrogen-bond acceptors (Lipinski definition) is 5. The Morgan fingerprint density at radius 1 is 1.07 bits per heavy atom. The molecule has 0 amide bonds. The first-order valence-electron chi connectivity index (χ1n) is 9.52. The van der Waals surface area contributed by atoms with Crippen LogP contribution in [0.15, 0.2) is 71.5 Å². The van der Waals surface area contributed by atoms with E-state index in [4.69, 9.17) is 10.2 Å². The molecular weight excluding hydrogens is 394 g/mol. The summed E-state index contributed by atoms with van der Waals surface area (Å²) in [5.41, 5.74) is 2.51. The maximum absolute atomic E-state index is 13.6. The fourth-order valence-corrected chi connectivity index (χ4v) is 4.33. The average Bonchev–Trinajstić information content (AvgIpc) is 3.23. The number of nitriles is 1. The summed E-state index contributed by atoms with van der Waals surface area (Å²) in [5.74, 6) is 0.514. The Kier molecular flexibility index (Phi) is 5.46. The van der Waals surface area contributed by atoms with Crippen LogP contribution in [0.4, 0.5) is 0 Å². The molecule has 2 heterocycles. The van der Waals surface area contributed by atoms with Crippen molar-refractivity contribution in [2.75, 3.05) is 0 Å². The highest BCUT2D eigenvalue weighted by atomic mass is 32.1. The molecule has 4 aromatic rings. The molecule has 0 aliphatic carbocycles. The minimum atomic E-state index is -0.178. The number of nitrogens with zero attached hydrogens (tertiary/aromatic N) is 3. The lowest BCUT2D eigenvalue weighted by atomic mass is 10.1. The van der Waals surface area contributed by atoms with Crippen LogP contribution in [0.1, 0.15) is 16.1 Å². The molecule has 6 heteroatoms. The van der Waals surface area contributed by atoms with Crippen molar-refractivity contribution in [2.24, 2.45) is 0 Å². The van der Waals surface area contributed by atoms with E-state index in [1.807, 2.05) is 36.4 Å². The number of aryl methyl sites for hydroxylation is 2. The maximum Gasteiger partial charge on any atom is 0.262 e. The summed E-state index contributed by atoms with van der Waals surface area (Å²) < 4.78 is 1.62. The highest BCUT2D eigenvalue weighted by Crippen LogP contribution is 2.31. The molecule has 0 spiro atoms. The van der Waals surface area contributed by atoms with Crippen LogP contribution in [0.3, 0.4) is 0 Å². The summed E-state index contributed by atoms with van der Waals surface area (Å²) in [4.78, 5) is 19.6. The molecular formula is C24H19N3O2S. The van der Waals surface area contributed by atoms with Crippen LogP contribution in [0.5, 0.6) is 5.75 Å². The Morgan fingerprint density at radius 2 is 1.80 bits per heavy atom. The van der Waals surface area contributed by atoms with Gasteiger partial charge in [0.15, 0.2) is 0 Å². The van der Waals surface area contributed by atoms with Crippen molar-refractivity contribution in [1.82, 2.24) is 9.55 Å². The molecule has 4 rings (SSSR count). The van der Waals surface area contributed by atoms with Crippen LogP contribution in [-0.2, 0) is 13.0 Å². The van der Waals surface area contributed by atoms with E-state index in [-0.39, 0.29) is 11.3 Å². The quantitative estimate of drug-likeness (QED) is 0.511. The zero-order valence-corrected chi connectivity index (χ0v) is 17.2. The average molecular weight is 414 g/mol. The van der Waals surface area contributed by atoms with Crippen LogP contribution < -0.4 is 5.56 Å². The molecule has 2 aromatic carbocycles. The van der Waals surface area contributed by atoms with Crippen LogP contribution in [0.2, 0.25) is 0 Å². The van der Waals surface area contributed by atoms with Crippen molar-refractivity contribution >= 4 is 11.3 Å². The van der Waals surface area contributed by atoms with Gasteiger partial charge in [0.2, 0.25) is 0 Å². The van der Waals surface area contributed by atoms with Crippen LogP contribution >= 0.6 is 11.3 Å². The fraction of sp³-hybridized carbons (Fsp3) is 0.125.